The molecule has 180 valence electrons. The van der Waals surface area contributed by atoms with Crippen LogP contribution in [0.15, 0.2) is 75.9 Å². The number of esters is 1. The standard InChI is InChI=1S/C27H25NO6S/c1-17-14-19(15-23-24(17)20-10-6-7-11-21(20)25(29)34-23)33-26(30)22(12-13-35-2)28-27(31)32-16-18-8-4-3-5-9-18/h3-11,14-15,22H,12-13,16H2,1-2H3,(H,28,31)/t22-/m1/s1. The highest BCUT2D eigenvalue weighted by molar-refractivity contribution is 7.98. The number of carbonyl (C=O) groups excluding carboxylic acids is 2. The van der Waals surface area contributed by atoms with Gasteiger partial charge in [-0.2, -0.15) is 11.8 Å². The summed E-state index contributed by atoms with van der Waals surface area (Å²) >= 11 is 1.55. The highest BCUT2D eigenvalue weighted by atomic mass is 32.2. The van der Waals surface area contributed by atoms with Crippen molar-refractivity contribution in [3.8, 4) is 5.75 Å². The predicted molar refractivity (Wildman–Crippen MR) is 137 cm³/mol. The van der Waals surface area contributed by atoms with Crippen LogP contribution >= 0.6 is 11.8 Å². The van der Waals surface area contributed by atoms with Gasteiger partial charge in [-0.1, -0.05) is 48.5 Å². The molecule has 1 atom stereocenters. The van der Waals surface area contributed by atoms with Gasteiger partial charge in [0.25, 0.3) is 0 Å². The average molecular weight is 492 g/mol. The molecule has 1 amide bonds. The maximum atomic E-state index is 13.0. The van der Waals surface area contributed by atoms with Gasteiger partial charge in [0, 0.05) is 16.8 Å². The van der Waals surface area contributed by atoms with E-state index in [-0.39, 0.29) is 12.4 Å². The van der Waals surface area contributed by atoms with Gasteiger partial charge in [0.2, 0.25) is 0 Å². The van der Waals surface area contributed by atoms with Gasteiger partial charge in [-0.05, 0) is 48.6 Å². The van der Waals surface area contributed by atoms with Crippen LogP contribution in [0.1, 0.15) is 17.5 Å². The SMILES string of the molecule is CSCC[C@@H](NC(=O)OCc1ccccc1)C(=O)Oc1cc(C)c2c(c1)oc(=O)c1ccccc12. The van der Waals surface area contributed by atoms with E-state index >= 15 is 0 Å². The molecule has 0 saturated carbocycles. The van der Waals surface area contributed by atoms with Crippen LogP contribution in [-0.2, 0) is 16.1 Å². The first-order chi connectivity index (χ1) is 17.0. The normalized spacial score (nSPS) is 11.8. The number of ether oxygens (including phenoxy) is 2. The molecule has 8 heteroatoms. The topological polar surface area (TPSA) is 94.8 Å². The Balaban J connectivity index is 1.51. The molecule has 0 bridgehead atoms. The zero-order valence-electron chi connectivity index (χ0n) is 19.4. The summed E-state index contributed by atoms with van der Waals surface area (Å²) in [4.78, 5) is 37.7. The van der Waals surface area contributed by atoms with E-state index in [1.807, 2.05) is 55.6 Å². The van der Waals surface area contributed by atoms with E-state index in [9.17, 15) is 14.4 Å². The van der Waals surface area contributed by atoms with Crippen molar-refractivity contribution in [2.24, 2.45) is 0 Å². The van der Waals surface area contributed by atoms with Crippen LogP contribution in [-0.4, -0.2) is 30.1 Å². The van der Waals surface area contributed by atoms with Crippen LogP contribution in [0, 0.1) is 6.92 Å². The van der Waals surface area contributed by atoms with E-state index in [1.54, 1.807) is 30.0 Å². The van der Waals surface area contributed by atoms with Gasteiger partial charge in [-0.25, -0.2) is 14.4 Å². The van der Waals surface area contributed by atoms with Crippen LogP contribution in [0.25, 0.3) is 21.7 Å². The van der Waals surface area contributed by atoms with Gasteiger partial charge in [0.1, 0.15) is 24.0 Å². The molecule has 1 heterocycles. The number of rotatable bonds is 8. The van der Waals surface area contributed by atoms with Crippen LogP contribution < -0.4 is 15.7 Å². The second kappa shape index (κ2) is 11.1. The molecule has 0 saturated heterocycles. The van der Waals surface area contributed by atoms with Crippen LogP contribution in [0.3, 0.4) is 0 Å². The summed E-state index contributed by atoms with van der Waals surface area (Å²) in [5.41, 5.74) is 1.50. The Hall–Kier alpha value is -3.78. The zero-order valence-corrected chi connectivity index (χ0v) is 20.2. The minimum absolute atomic E-state index is 0.0911. The van der Waals surface area contributed by atoms with E-state index < -0.39 is 23.7 Å². The molecule has 0 fully saturated rings. The Bertz CT molecular complexity index is 1420. The highest BCUT2D eigenvalue weighted by Gasteiger charge is 2.24. The number of thioether (sulfide) groups is 1. The van der Waals surface area contributed by atoms with Crippen molar-refractivity contribution in [3.05, 3.63) is 88.3 Å². The molecule has 0 unspecified atom stereocenters. The Morgan fingerprint density at radius 1 is 1.03 bits per heavy atom. The molecule has 35 heavy (non-hydrogen) atoms. The van der Waals surface area contributed by atoms with Crippen LogP contribution in [0.4, 0.5) is 4.79 Å². The van der Waals surface area contributed by atoms with Crippen molar-refractivity contribution in [3.63, 3.8) is 0 Å². The molecular formula is C27H25NO6S. The molecule has 0 radical (unpaired) electrons. The van der Waals surface area contributed by atoms with Gasteiger partial charge in [0.15, 0.2) is 0 Å². The molecule has 1 aromatic heterocycles. The van der Waals surface area contributed by atoms with Crippen molar-refractivity contribution in [2.75, 3.05) is 12.0 Å². The fourth-order valence-corrected chi connectivity index (χ4v) is 4.29. The third-order valence-corrected chi connectivity index (χ3v) is 6.15. The third kappa shape index (κ3) is 5.84. The molecular weight excluding hydrogens is 466 g/mol. The van der Waals surface area contributed by atoms with Gasteiger partial charge < -0.3 is 19.2 Å². The maximum Gasteiger partial charge on any atom is 0.408 e. The number of alkyl carbamates (subject to hydrolysis) is 1. The quantitative estimate of drug-likeness (QED) is 0.156. The van der Waals surface area contributed by atoms with E-state index in [0.29, 0.717) is 23.1 Å². The first kappa shape index (κ1) is 24.3. The monoisotopic (exact) mass is 491 g/mol. The lowest BCUT2D eigenvalue weighted by Crippen LogP contribution is -2.43. The van der Waals surface area contributed by atoms with Crippen LogP contribution in [0.2, 0.25) is 0 Å². The number of aryl methyl sites for hydroxylation is 1. The number of hydrogen-bond donors (Lipinski definition) is 1. The summed E-state index contributed by atoms with van der Waals surface area (Å²) < 4.78 is 16.4. The minimum atomic E-state index is -0.898. The summed E-state index contributed by atoms with van der Waals surface area (Å²) in [6.07, 6.45) is 1.58. The van der Waals surface area contributed by atoms with E-state index in [4.69, 9.17) is 13.9 Å². The molecule has 3 aromatic carbocycles. The third-order valence-electron chi connectivity index (χ3n) is 5.51. The first-order valence-electron chi connectivity index (χ1n) is 11.1. The summed E-state index contributed by atoms with van der Waals surface area (Å²) in [5.74, 6) is 0.237. The first-order valence-corrected chi connectivity index (χ1v) is 12.5. The van der Waals surface area contributed by atoms with Crippen molar-refractivity contribution in [1.29, 1.82) is 0 Å². The maximum absolute atomic E-state index is 13.0. The molecule has 4 aromatic rings. The number of carbonyl (C=O) groups is 2. The largest absolute Gasteiger partial charge is 0.445 e. The average Bonchev–Trinajstić information content (AvgIpc) is 2.85. The highest BCUT2D eigenvalue weighted by Crippen LogP contribution is 2.30. The van der Waals surface area contributed by atoms with E-state index in [2.05, 4.69) is 5.32 Å². The lowest BCUT2D eigenvalue weighted by molar-refractivity contribution is -0.136. The fraction of sp³-hybridized carbons (Fsp3) is 0.222. The van der Waals surface area contributed by atoms with Gasteiger partial charge in [-0.15, -0.1) is 0 Å². The molecule has 0 aliphatic rings. The van der Waals surface area contributed by atoms with Crippen molar-refractivity contribution >= 4 is 45.6 Å². The van der Waals surface area contributed by atoms with Gasteiger partial charge >= 0.3 is 17.7 Å². The van der Waals surface area contributed by atoms with Crippen molar-refractivity contribution < 1.29 is 23.5 Å². The molecule has 0 spiro atoms. The molecule has 4 rings (SSSR count). The summed E-state index contributed by atoms with van der Waals surface area (Å²) in [6.45, 7) is 1.95. The Morgan fingerprint density at radius 2 is 1.74 bits per heavy atom. The molecule has 1 N–H and O–H groups in total. The van der Waals surface area contributed by atoms with Crippen molar-refractivity contribution in [2.45, 2.75) is 26.0 Å². The molecule has 0 aliphatic heterocycles. The molecule has 0 aliphatic carbocycles. The Labute approximate surface area is 206 Å². The summed E-state index contributed by atoms with van der Waals surface area (Å²) in [6, 6.07) is 18.8. The number of benzene rings is 3. The number of hydrogen-bond acceptors (Lipinski definition) is 7. The van der Waals surface area contributed by atoms with Crippen molar-refractivity contribution in [1.82, 2.24) is 5.32 Å². The Kier molecular flexibility index (Phi) is 7.72. The fourth-order valence-electron chi connectivity index (χ4n) is 3.82. The summed E-state index contributed by atoms with van der Waals surface area (Å²) in [7, 11) is 0. The zero-order chi connectivity index (χ0) is 24.8. The number of fused-ring (bicyclic) bond motifs is 3. The minimum Gasteiger partial charge on any atom is -0.445 e. The van der Waals surface area contributed by atoms with E-state index in [0.717, 1.165) is 21.9 Å². The smallest absolute Gasteiger partial charge is 0.408 e. The lowest BCUT2D eigenvalue weighted by atomic mass is 10.0. The second-order valence-electron chi connectivity index (χ2n) is 8.01. The number of nitrogens with one attached hydrogen (secondary N) is 1. The second-order valence-corrected chi connectivity index (χ2v) is 9.00. The van der Waals surface area contributed by atoms with Crippen LogP contribution in [0.5, 0.6) is 5.75 Å². The number of amides is 1. The Morgan fingerprint density at radius 3 is 2.49 bits per heavy atom. The van der Waals surface area contributed by atoms with Gasteiger partial charge in [0.05, 0.1) is 5.39 Å². The van der Waals surface area contributed by atoms with Gasteiger partial charge in [-0.3, -0.25) is 0 Å². The lowest BCUT2D eigenvalue weighted by Gasteiger charge is -2.17. The molecule has 7 nitrogen and oxygen atoms in total. The van der Waals surface area contributed by atoms with E-state index in [1.165, 1.54) is 6.07 Å². The predicted octanol–water partition coefficient (Wildman–Crippen LogP) is 5.21. The summed E-state index contributed by atoms with van der Waals surface area (Å²) in [5, 5.41) is 4.65.